The van der Waals surface area contributed by atoms with Crippen LogP contribution in [0, 0.1) is 0 Å². The second-order valence-electron chi connectivity index (χ2n) is 7.51. The second-order valence-corrected chi connectivity index (χ2v) is 9.27. The number of hydrogen-bond acceptors (Lipinski definition) is 5. The third-order valence-corrected chi connectivity index (χ3v) is 6.82. The highest BCUT2D eigenvalue weighted by Gasteiger charge is 2.09. The summed E-state index contributed by atoms with van der Waals surface area (Å²) in [5, 5.41) is 6.93. The summed E-state index contributed by atoms with van der Waals surface area (Å²) in [6.07, 6.45) is 1.88. The number of hydrogen-bond donors (Lipinski definition) is 0. The topological polar surface area (TPSA) is 42.1 Å². The quantitative estimate of drug-likeness (QED) is 0.229. The van der Waals surface area contributed by atoms with Crippen molar-refractivity contribution in [1.82, 2.24) is 4.68 Å². The molecule has 7 heteroatoms. The van der Waals surface area contributed by atoms with Crippen molar-refractivity contribution in [3.05, 3.63) is 93.0 Å². The summed E-state index contributed by atoms with van der Waals surface area (Å²) in [5.74, 6) is 0.726. The average Bonchev–Trinajstić information content (AvgIpc) is 3.27. The van der Waals surface area contributed by atoms with E-state index in [-0.39, 0.29) is 0 Å². The minimum atomic E-state index is 0.726. The fraction of sp³-hybridized carbons (Fsp3) is 0.185. The van der Waals surface area contributed by atoms with Crippen molar-refractivity contribution in [3.8, 4) is 17.0 Å². The first kappa shape index (κ1) is 24.0. The molecular weight excluding hydrogens is 508 g/mol. The summed E-state index contributed by atoms with van der Waals surface area (Å²) in [4.78, 5) is 7.96. The van der Waals surface area contributed by atoms with Gasteiger partial charge in [0.2, 0.25) is 4.80 Å². The molecule has 0 unspecified atom stereocenters. The molecule has 0 bridgehead atoms. The van der Waals surface area contributed by atoms with Crippen LogP contribution >= 0.6 is 27.3 Å². The Morgan fingerprint density at radius 3 is 2.35 bits per heavy atom. The minimum Gasteiger partial charge on any atom is -0.494 e. The first-order valence-electron chi connectivity index (χ1n) is 11.2. The molecule has 0 aliphatic rings. The molecule has 0 atom stereocenters. The van der Waals surface area contributed by atoms with Crippen LogP contribution in [0.3, 0.4) is 0 Å². The van der Waals surface area contributed by atoms with Gasteiger partial charge in [0.1, 0.15) is 11.4 Å². The number of halogens is 1. The van der Waals surface area contributed by atoms with Crippen molar-refractivity contribution in [2.45, 2.75) is 13.8 Å². The summed E-state index contributed by atoms with van der Waals surface area (Å²) >= 11 is 5.07. The van der Waals surface area contributed by atoms with Crippen LogP contribution in [0.4, 0.5) is 11.4 Å². The molecule has 4 rings (SSSR count). The van der Waals surface area contributed by atoms with Crippen molar-refractivity contribution in [3.63, 3.8) is 0 Å². The van der Waals surface area contributed by atoms with E-state index in [1.807, 2.05) is 47.3 Å². The van der Waals surface area contributed by atoms with E-state index in [0.29, 0.717) is 0 Å². The molecule has 0 aliphatic heterocycles. The van der Waals surface area contributed by atoms with Gasteiger partial charge in [0.05, 0.1) is 19.0 Å². The fourth-order valence-electron chi connectivity index (χ4n) is 3.62. The van der Waals surface area contributed by atoms with E-state index in [0.717, 1.165) is 50.6 Å². The maximum Gasteiger partial charge on any atom is 0.211 e. The zero-order chi connectivity index (χ0) is 23.9. The Hall–Kier alpha value is -3.16. The number of benzene rings is 3. The largest absolute Gasteiger partial charge is 0.494 e. The molecule has 0 aliphatic carbocycles. The SMILES string of the molecule is CCN(CC)c1ccc(/C=N/n2c(-c3ccc(Br)cc3)csc2=Nc2ccccc2OC)cc1. The highest BCUT2D eigenvalue weighted by Crippen LogP contribution is 2.27. The summed E-state index contributed by atoms with van der Waals surface area (Å²) in [6, 6.07) is 24.4. The Bertz CT molecular complexity index is 1320. The lowest BCUT2D eigenvalue weighted by Crippen LogP contribution is -2.21. The molecule has 1 aromatic heterocycles. The third-order valence-electron chi connectivity index (χ3n) is 5.47. The highest BCUT2D eigenvalue weighted by atomic mass is 79.9. The third kappa shape index (κ3) is 5.48. The number of rotatable bonds is 8. The smallest absolute Gasteiger partial charge is 0.211 e. The van der Waals surface area contributed by atoms with E-state index in [1.165, 1.54) is 5.69 Å². The van der Waals surface area contributed by atoms with Crippen LogP contribution in [0.2, 0.25) is 0 Å². The summed E-state index contributed by atoms with van der Waals surface area (Å²) in [7, 11) is 1.66. The van der Waals surface area contributed by atoms with Gasteiger partial charge in [-0.3, -0.25) is 0 Å². The second kappa shape index (κ2) is 11.3. The van der Waals surface area contributed by atoms with Gasteiger partial charge < -0.3 is 9.64 Å². The maximum absolute atomic E-state index is 5.49. The Labute approximate surface area is 212 Å². The molecule has 3 aromatic carbocycles. The molecule has 0 saturated heterocycles. The molecule has 0 saturated carbocycles. The number of ether oxygens (including phenoxy) is 1. The van der Waals surface area contributed by atoms with Gasteiger partial charge in [-0.25, -0.2) is 9.67 Å². The number of thiazole rings is 1. The lowest BCUT2D eigenvalue weighted by atomic mass is 10.2. The number of nitrogens with zero attached hydrogens (tertiary/aromatic N) is 4. The van der Waals surface area contributed by atoms with E-state index in [9.17, 15) is 0 Å². The highest BCUT2D eigenvalue weighted by molar-refractivity contribution is 9.10. The molecular formula is C27H27BrN4OS. The van der Waals surface area contributed by atoms with Crippen LogP contribution in [0.15, 0.2) is 92.7 Å². The first-order valence-corrected chi connectivity index (χ1v) is 12.8. The zero-order valence-electron chi connectivity index (χ0n) is 19.5. The van der Waals surface area contributed by atoms with Gasteiger partial charge >= 0.3 is 0 Å². The number of methoxy groups -OCH3 is 1. The average molecular weight is 536 g/mol. The van der Waals surface area contributed by atoms with Crippen molar-refractivity contribution in [1.29, 1.82) is 0 Å². The van der Waals surface area contributed by atoms with Gasteiger partial charge in [-0.05, 0) is 55.8 Å². The van der Waals surface area contributed by atoms with E-state index in [2.05, 4.69) is 76.5 Å². The Balaban J connectivity index is 1.77. The molecule has 0 amide bonds. The zero-order valence-corrected chi connectivity index (χ0v) is 21.9. The minimum absolute atomic E-state index is 0.726. The number of para-hydroxylation sites is 2. The molecule has 174 valence electrons. The number of aromatic nitrogens is 1. The van der Waals surface area contributed by atoms with Gasteiger partial charge in [-0.15, -0.1) is 11.3 Å². The Kier molecular flexibility index (Phi) is 7.98. The van der Waals surface area contributed by atoms with Gasteiger partial charge in [0, 0.05) is 34.2 Å². The maximum atomic E-state index is 5.49. The molecule has 1 heterocycles. The first-order chi connectivity index (χ1) is 16.6. The van der Waals surface area contributed by atoms with Gasteiger partial charge in [-0.1, -0.05) is 52.3 Å². The predicted octanol–water partition coefficient (Wildman–Crippen LogP) is 6.95. The van der Waals surface area contributed by atoms with E-state index >= 15 is 0 Å². The Morgan fingerprint density at radius 1 is 0.971 bits per heavy atom. The van der Waals surface area contributed by atoms with Crippen LogP contribution in [0.25, 0.3) is 11.3 Å². The van der Waals surface area contributed by atoms with Crippen LogP contribution < -0.4 is 14.4 Å². The van der Waals surface area contributed by atoms with Crippen LogP contribution in [0.1, 0.15) is 19.4 Å². The predicted molar refractivity (Wildman–Crippen MR) is 147 cm³/mol. The summed E-state index contributed by atoms with van der Waals surface area (Å²) in [6.45, 7) is 6.31. The molecule has 4 aromatic rings. The van der Waals surface area contributed by atoms with Crippen LogP contribution in [-0.4, -0.2) is 31.1 Å². The van der Waals surface area contributed by atoms with Gasteiger partial charge in [-0.2, -0.15) is 5.10 Å². The molecule has 0 fully saturated rings. The van der Waals surface area contributed by atoms with E-state index < -0.39 is 0 Å². The lowest BCUT2D eigenvalue weighted by molar-refractivity contribution is 0.416. The van der Waals surface area contributed by atoms with Crippen molar-refractivity contribution >= 4 is 44.9 Å². The van der Waals surface area contributed by atoms with Gasteiger partial charge in [0.15, 0.2) is 0 Å². The molecule has 0 radical (unpaired) electrons. The van der Waals surface area contributed by atoms with Crippen molar-refractivity contribution < 1.29 is 4.74 Å². The van der Waals surface area contributed by atoms with Crippen molar-refractivity contribution in [2.24, 2.45) is 10.1 Å². The normalized spacial score (nSPS) is 11.8. The van der Waals surface area contributed by atoms with Gasteiger partial charge in [0.25, 0.3) is 0 Å². The van der Waals surface area contributed by atoms with E-state index in [1.54, 1.807) is 18.4 Å². The fourth-order valence-corrected chi connectivity index (χ4v) is 4.73. The molecule has 34 heavy (non-hydrogen) atoms. The van der Waals surface area contributed by atoms with Crippen LogP contribution in [-0.2, 0) is 0 Å². The van der Waals surface area contributed by atoms with Crippen LogP contribution in [0.5, 0.6) is 5.75 Å². The monoisotopic (exact) mass is 534 g/mol. The number of anilines is 1. The molecule has 5 nitrogen and oxygen atoms in total. The standard InChI is InChI=1S/C27H27BrN4OS/c1-4-31(5-2)23-16-10-20(11-17-23)18-29-32-25(21-12-14-22(28)15-13-21)19-34-27(32)30-24-8-6-7-9-26(24)33-3/h6-19H,4-5H2,1-3H3/b29-18+,30-27?. The summed E-state index contributed by atoms with van der Waals surface area (Å²) < 4.78 is 8.42. The molecule has 0 N–H and O–H groups in total. The lowest BCUT2D eigenvalue weighted by Gasteiger charge is -2.20. The van der Waals surface area contributed by atoms with Crippen molar-refractivity contribution in [2.75, 3.05) is 25.1 Å². The van der Waals surface area contributed by atoms with E-state index in [4.69, 9.17) is 14.8 Å². The summed E-state index contributed by atoms with van der Waals surface area (Å²) in [5.41, 5.74) is 5.05. The molecule has 0 spiro atoms. The Morgan fingerprint density at radius 2 is 1.68 bits per heavy atom.